The molecule has 7 nitrogen and oxygen atoms in total. The Hall–Kier alpha value is -2.06. The lowest BCUT2D eigenvalue weighted by atomic mass is 10.1. The zero-order chi connectivity index (χ0) is 14.8. The molecule has 0 aliphatic carbocycles. The minimum absolute atomic E-state index is 0.134. The fraction of sp³-hybridized carbons (Fsp3) is 0.250. The van der Waals surface area contributed by atoms with Gasteiger partial charge in [-0.15, -0.1) is 0 Å². The topological polar surface area (TPSA) is 107 Å². The van der Waals surface area contributed by atoms with E-state index < -0.39 is 15.9 Å². The van der Waals surface area contributed by atoms with Crippen molar-refractivity contribution in [1.29, 1.82) is 0 Å². The molecule has 0 bridgehead atoms. The summed E-state index contributed by atoms with van der Waals surface area (Å²) in [5.74, 6) is -0.849. The van der Waals surface area contributed by atoms with Gasteiger partial charge in [-0.3, -0.25) is 0 Å². The van der Waals surface area contributed by atoms with E-state index in [2.05, 4.69) is 9.50 Å². The highest BCUT2D eigenvalue weighted by Gasteiger charge is 2.12. The molecule has 0 atom stereocenters. The maximum atomic E-state index is 12.0. The normalized spacial score (nSPS) is 12.8. The van der Waals surface area contributed by atoms with E-state index in [-0.39, 0.29) is 18.7 Å². The molecular formula is C12H13N3O4S. The van der Waals surface area contributed by atoms with Gasteiger partial charge in [0.25, 0.3) is 0 Å². The van der Waals surface area contributed by atoms with E-state index in [1.165, 1.54) is 10.9 Å². The molecule has 20 heavy (non-hydrogen) atoms. The van der Waals surface area contributed by atoms with Crippen molar-refractivity contribution < 1.29 is 23.3 Å². The summed E-state index contributed by atoms with van der Waals surface area (Å²) in [4.78, 5) is 0. The van der Waals surface area contributed by atoms with Gasteiger partial charge in [0.15, 0.2) is 6.54 Å². The molecule has 106 valence electrons. The summed E-state index contributed by atoms with van der Waals surface area (Å²) in [5, 5.41) is 25.7. The van der Waals surface area contributed by atoms with Crippen molar-refractivity contribution in [1.82, 2.24) is 5.10 Å². The van der Waals surface area contributed by atoms with Gasteiger partial charge < -0.3 is 10.2 Å². The Kier molecular flexibility index (Phi) is 3.96. The van der Waals surface area contributed by atoms with Gasteiger partial charge in [0.1, 0.15) is 12.1 Å². The molecule has 0 saturated heterocycles. The summed E-state index contributed by atoms with van der Waals surface area (Å²) >= 11 is 0. The molecule has 2 aromatic rings. The molecule has 0 fully saturated rings. The van der Waals surface area contributed by atoms with Crippen LogP contribution in [0.3, 0.4) is 0 Å². The van der Waals surface area contributed by atoms with Crippen molar-refractivity contribution in [2.45, 2.75) is 6.54 Å². The second-order valence-corrected chi connectivity index (χ2v) is 5.82. The maximum absolute atomic E-state index is 12.0. The van der Waals surface area contributed by atoms with Crippen LogP contribution in [-0.4, -0.2) is 37.4 Å². The van der Waals surface area contributed by atoms with Crippen molar-refractivity contribution in [2.75, 3.05) is 12.9 Å². The Morgan fingerprint density at radius 2 is 2.15 bits per heavy atom. The van der Waals surface area contributed by atoms with Crippen LogP contribution in [0.15, 0.2) is 34.9 Å². The first-order chi connectivity index (χ1) is 9.40. The molecule has 1 heterocycles. The number of fused-ring (bicyclic) bond motifs is 1. The van der Waals surface area contributed by atoms with Gasteiger partial charge in [-0.25, -0.2) is 8.42 Å². The smallest absolute Gasteiger partial charge is 0.249 e. The third-order valence-electron chi connectivity index (χ3n) is 2.52. The molecule has 0 saturated carbocycles. The van der Waals surface area contributed by atoms with Crippen LogP contribution < -0.4 is 9.79 Å². The number of sulfonamides is 1. The van der Waals surface area contributed by atoms with Crippen LogP contribution in [0.25, 0.3) is 10.9 Å². The van der Waals surface area contributed by atoms with Crippen molar-refractivity contribution >= 4 is 26.8 Å². The second-order valence-electron chi connectivity index (χ2n) is 4.18. The predicted molar refractivity (Wildman–Crippen MR) is 70.4 cm³/mol. The molecule has 0 spiro atoms. The number of aliphatic hydroxyl groups excluding tert-OH is 1. The number of aliphatic hydroxyl groups is 1. The van der Waals surface area contributed by atoms with E-state index in [0.29, 0.717) is 10.9 Å². The number of nitrogens with zero attached hydrogens (tertiary/aromatic N) is 3. The van der Waals surface area contributed by atoms with Crippen LogP contribution in [0.4, 0.5) is 0 Å². The summed E-state index contributed by atoms with van der Waals surface area (Å²) in [6.45, 7) is 0.0524. The molecule has 0 aliphatic heterocycles. The summed E-state index contributed by atoms with van der Waals surface area (Å²) in [7, 11) is -3.77. The van der Waals surface area contributed by atoms with Crippen molar-refractivity contribution in [3.05, 3.63) is 36.0 Å². The summed E-state index contributed by atoms with van der Waals surface area (Å²) in [6, 6.07) is 6.83. The van der Waals surface area contributed by atoms with Crippen LogP contribution in [-0.2, 0) is 16.6 Å². The van der Waals surface area contributed by atoms with Crippen molar-refractivity contribution in [2.24, 2.45) is 4.40 Å². The van der Waals surface area contributed by atoms with E-state index in [1.54, 1.807) is 24.3 Å². The van der Waals surface area contributed by atoms with Gasteiger partial charge in [-0.1, -0.05) is 22.9 Å². The lowest BCUT2D eigenvalue weighted by Crippen LogP contribution is -2.41. The van der Waals surface area contributed by atoms with Crippen LogP contribution in [0.1, 0.15) is 5.56 Å². The van der Waals surface area contributed by atoms with Gasteiger partial charge in [0.05, 0.1) is 11.8 Å². The van der Waals surface area contributed by atoms with E-state index in [1.807, 2.05) is 0 Å². The van der Waals surface area contributed by atoms with Gasteiger partial charge in [-0.05, 0) is 6.07 Å². The first-order valence-corrected chi connectivity index (χ1v) is 7.63. The summed E-state index contributed by atoms with van der Waals surface area (Å²) in [5.41, 5.74) is 0.657. The molecular weight excluding hydrogens is 282 g/mol. The fourth-order valence-corrected chi connectivity index (χ4v) is 2.16. The third kappa shape index (κ3) is 3.28. The Morgan fingerprint density at radius 3 is 2.80 bits per heavy atom. The van der Waals surface area contributed by atoms with Crippen molar-refractivity contribution in [3.8, 4) is 0 Å². The van der Waals surface area contributed by atoms with E-state index >= 15 is 0 Å². The second kappa shape index (κ2) is 5.51. The zero-order valence-electron chi connectivity index (χ0n) is 10.7. The number of hydrogen-bond donors (Lipinski definition) is 1. The van der Waals surface area contributed by atoms with Gasteiger partial charge in [-0.2, -0.15) is 4.40 Å². The highest BCUT2D eigenvalue weighted by molar-refractivity contribution is 7.89. The van der Waals surface area contributed by atoms with E-state index in [0.717, 1.165) is 6.26 Å². The first-order valence-electron chi connectivity index (χ1n) is 5.78. The molecule has 1 aromatic heterocycles. The summed E-state index contributed by atoms with van der Waals surface area (Å²) < 4.78 is 26.8. The molecule has 0 unspecified atom stereocenters. The summed E-state index contributed by atoms with van der Waals surface area (Å²) in [6.07, 6.45) is 2.24. The maximum Gasteiger partial charge on any atom is 0.249 e. The minimum Gasteiger partial charge on any atom is -0.857 e. The molecule has 0 aliphatic rings. The molecule has 2 rings (SSSR count). The number of hydrogen-bond acceptors (Lipinski definition) is 5. The predicted octanol–water partition coefficient (Wildman–Crippen LogP) is -1.42. The van der Waals surface area contributed by atoms with Gasteiger partial charge in [0.2, 0.25) is 16.2 Å². The van der Waals surface area contributed by atoms with E-state index in [9.17, 15) is 13.5 Å². The number of aromatic nitrogens is 2. The Bertz CT molecular complexity index is 771. The first kappa shape index (κ1) is 14.4. The highest BCUT2D eigenvalue weighted by Crippen LogP contribution is 2.14. The number of benzene rings is 1. The van der Waals surface area contributed by atoms with Crippen LogP contribution in [0, 0.1) is 0 Å². The van der Waals surface area contributed by atoms with Crippen molar-refractivity contribution in [3.63, 3.8) is 0 Å². The van der Waals surface area contributed by atoms with E-state index in [4.69, 9.17) is 5.11 Å². The average Bonchev–Trinajstić information content (AvgIpc) is 2.36. The average molecular weight is 295 g/mol. The lowest BCUT2D eigenvalue weighted by Gasteiger charge is -2.10. The highest BCUT2D eigenvalue weighted by atomic mass is 32.2. The molecule has 0 radical (unpaired) electrons. The minimum atomic E-state index is -3.77. The Balaban J connectivity index is 2.70. The molecule has 8 heteroatoms. The van der Waals surface area contributed by atoms with Gasteiger partial charge in [0, 0.05) is 16.4 Å². The molecule has 0 amide bonds. The Morgan fingerprint density at radius 1 is 1.45 bits per heavy atom. The molecule has 1 N–H and O–H groups in total. The fourth-order valence-electron chi connectivity index (χ4n) is 1.76. The quantitative estimate of drug-likeness (QED) is 0.423. The number of rotatable bonds is 4. The van der Waals surface area contributed by atoms with Crippen LogP contribution >= 0.6 is 0 Å². The van der Waals surface area contributed by atoms with Crippen LogP contribution in [0.5, 0.6) is 0 Å². The SMILES string of the molecule is CS(=O)(=O)N=C([O-])c1c[n+](CCO)nc2ccccc12. The largest absolute Gasteiger partial charge is 0.857 e. The molecule has 1 aromatic carbocycles. The third-order valence-corrected chi connectivity index (χ3v) is 3.01. The zero-order valence-corrected chi connectivity index (χ0v) is 11.5. The van der Waals surface area contributed by atoms with Crippen LogP contribution in [0.2, 0.25) is 0 Å². The van der Waals surface area contributed by atoms with Gasteiger partial charge >= 0.3 is 0 Å². The standard InChI is InChI=1S/C12H13N3O4S/c1-20(18,19)14-12(17)10-8-15(6-7-16)13-11-5-3-2-4-9(10)11/h2-5,8,16H,6-7H2,1H3. The Labute approximate surface area is 115 Å². The lowest BCUT2D eigenvalue weighted by molar-refractivity contribution is -0.752. The monoisotopic (exact) mass is 295 g/mol.